The molecular formula is C21H23N3O4. The van der Waals surface area contributed by atoms with Gasteiger partial charge in [0.15, 0.2) is 0 Å². The molecule has 0 spiro atoms. The van der Waals surface area contributed by atoms with E-state index in [2.05, 4.69) is 17.0 Å². The summed E-state index contributed by atoms with van der Waals surface area (Å²) < 4.78 is 5.56. The predicted octanol–water partition coefficient (Wildman–Crippen LogP) is 2.80. The van der Waals surface area contributed by atoms with Crippen molar-refractivity contribution < 1.29 is 14.5 Å². The summed E-state index contributed by atoms with van der Waals surface area (Å²) in [6, 6.07) is 11.0. The number of ether oxygens (including phenoxy) is 1. The van der Waals surface area contributed by atoms with E-state index < -0.39 is 4.92 Å². The van der Waals surface area contributed by atoms with Crippen molar-refractivity contribution in [2.24, 2.45) is 0 Å². The summed E-state index contributed by atoms with van der Waals surface area (Å²) >= 11 is 0. The van der Waals surface area contributed by atoms with E-state index in [0.29, 0.717) is 24.2 Å². The minimum absolute atomic E-state index is 0.00919. The SMILES string of the molecule is Cc1c(C(=O)N2CCN(Cc3ccc4c(c3)CCO4)CC2)cccc1[N+](=O)[O-]. The van der Waals surface area contributed by atoms with Gasteiger partial charge in [-0.3, -0.25) is 19.8 Å². The van der Waals surface area contributed by atoms with E-state index in [1.54, 1.807) is 24.0 Å². The molecular weight excluding hydrogens is 358 g/mol. The van der Waals surface area contributed by atoms with Gasteiger partial charge in [-0.05, 0) is 30.2 Å². The first kappa shape index (κ1) is 18.4. The van der Waals surface area contributed by atoms with E-state index >= 15 is 0 Å². The van der Waals surface area contributed by atoms with Crippen LogP contribution < -0.4 is 4.74 Å². The number of rotatable bonds is 4. The van der Waals surface area contributed by atoms with Crippen LogP contribution in [0.25, 0.3) is 0 Å². The van der Waals surface area contributed by atoms with Crippen LogP contribution in [0.2, 0.25) is 0 Å². The molecule has 2 aromatic carbocycles. The summed E-state index contributed by atoms with van der Waals surface area (Å²) in [5, 5.41) is 11.1. The molecule has 146 valence electrons. The summed E-state index contributed by atoms with van der Waals surface area (Å²) in [5.41, 5.74) is 3.37. The van der Waals surface area contributed by atoms with E-state index in [1.165, 1.54) is 17.2 Å². The molecule has 1 amide bonds. The fraction of sp³-hybridized carbons (Fsp3) is 0.381. The highest BCUT2D eigenvalue weighted by Crippen LogP contribution is 2.27. The fourth-order valence-electron chi connectivity index (χ4n) is 3.93. The zero-order valence-corrected chi connectivity index (χ0v) is 15.9. The molecule has 2 aliphatic rings. The number of benzene rings is 2. The third kappa shape index (κ3) is 3.57. The zero-order valence-electron chi connectivity index (χ0n) is 15.9. The molecule has 0 aromatic heterocycles. The molecule has 28 heavy (non-hydrogen) atoms. The largest absolute Gasteiger partial charge is 0.493 e. The Labute approximate surface area is 163 Å². The van der Waals surface area contributed by atoms with Gasteiger partial charge in [0.2, 0.25) is 0 Å². The lowest BCUT2D eigenvalue weighted by atomic mass is 10.0. The number of carbonyl (C=O) groups excluding carboxylic acids is 1. The monoisotopic (exact) mass is 381 g/mol. The lowest BCUT2D eigenvalue weighted by molar-refractivity contribution is -0.385. The molecule has 7 nitrogen and oxygen atoms in total. The maximum absolute atomic E-state index is 12.9. The van der Waals surface area contributed by atoms with Crippen LogP contribution in [0, 0.1) is 17.0 Å². The fourth-order valence-corrected chi connectivity index (χ4v) is 3.93. The third-order valence-corrected chi connectivity index (χ3v) is 5.55. The molecule has 1 saturated heterocycles. The van der Waals surface area contributed by atoms with Crippen LogP contribution >= 0.6 is 0 Å². The Morgan fingerprint density at radius 1 is 1.18 bits per heavy atom. The van der Waals surface area contributed by atoms with Crippen molar-refractivity contribution in [3.63, 3.8) is 0 Å². The number of amides is 1. The Bertz CT molecular complexity index is 920. The first-order chi connectivity index (χ1) is 13.5. The molecule has 0 saturated carbocycles. The predicted molar refractivity (Wildman–Crippen MR) is 105 cm³/mol. The van der Waals surface area contributed by atoms with Gasteiger partial charge < -0.3 is 9.64 Å². The number of nitro benzene ring substituents is 1. The van der Waals surface area contributed by atoms with Gasteiger partial charge in [0.05, 0.1) is 11.5 Å². The third-order valence-electron chi connectivity index (χ3n) is 5.55. The summed E-state index contributed by atoms with van der Waals surface area (Å²) in [7, 11) is 0. The minimum Gasteiger partial charge on any atom is -0.493 e. The van der Waals surface area contributed by atoms with Crippen LogP contribution in [0.5, 0.6) is 5.75 Å². The maximum atomic E-state index is 12.9. The Balaban J connectivity index is 1.38. The average molecular weight is 381 g/mol. The average Bonchev–Trinajstić information content (AvgIpc) is 3.16. The van der Waals surface area contributed by atoms with Crippen LogP contribution in [-0.4, -0.2) is 53.4 Å². The highest BCUT2D eigenvalue weighted by Gasteiger charge is 2.26. The van der Waals surface area contributed by atoms with Crippen LogP contribution in [0.1, 0.15) is 27.0 Å². The molecule has 2 aromatic rings. The summed E-state index contributed by atoms with van der Waals surface area (Å²) in [6.45, 7) is 6.06. The molecule has 2 aliphatic heterocycles. The van der Waals surface area contributed by atoms with Crippen molar-refractivity contribution >= 4 is 11.6 Å². The second kappa shape index (κ2) is 7.59. The molecule has 0 N–H and O–H groups in total. The second-order valence-electron chi connectivity index (χ2n) is 7.32. The second-order valence-corrected chi connectivity index (χ2v) is 7.32. The molecule has 4 rings (SSSR count). The molecule has 0 atom stereocenters. The number of hydrogen-bond donors (Lipinski definition) is 0. The maximum Gasteiger partial charge on any atom is 0.273 e. The van der Waals surface area contributed by atoms with Crippen molar-refractivity contribution in [3.8, 4) is 5.75 Å². The standard InChI is InChI=1S/C21H23N3O4/c1-15-18(3-2-4-19(15)24(26)27)21(25)23-10-8-22(9-11-23)14-16-5-6-20-17(13-16)7-12-28-20/h2-6,13H,7-12,14H2,1H3. The number of nitro groups is 1. The zero-order chi connectivity index (χ0) is 19.7. The number of nitrogens with zero attached hydrogens (tertiary/aromatic N) is 3. The Hall–Kier alpha value is -2.93. The summed E-state index contributed by atoms with van der Waals surface area (Å²) in [4.78, 5) is 27.7. The quantitative estimate of drug-likeness (QED) is 0.601. The summed E-state index contributed by atoms with van der Waals surface area (Å²) in [5.74, 6) is 0.863. The van der Waals surface area contributed by atoms with Crippen molar-refractivity contribution in [2.45, 2.75) is 19.9 Å². The van der Waals surface area contributed by atoms with Gasteiger partial charge in [0.25, 0.3) is 11.6 Å². The lowest BCUT2D eigenvalue weighted by Crippen LogP contribution is -2.48. The van der Waals surface area contributed by atoms with E-state index in [-0.39, 0.29) is 11.6 Å². The van der Waals surface area contributed by atoms with Gasteiger partial charge in [-0.25, -0.2) is 0 Å². The van der Waals surface area contributed by atoms with Gasteiger partial charge in [0.1, 0.15) is 5.75 Å². The molecule has 0 bridgehead atoms. The topological polar surface area (TPSA) is 75.9 Å². The molecule has 0 aliphatic carbocycles. The number of hydrogen-bond acceptors (Lipinski definition) is 5. The van der Waals surface area contributed by atoms with Crippen molar-refractivity contribution in [1.29, 1.82) is 0 Å². The summed E-state index contributed by atoms with van der Waals surface area (Å²) in [6.07, 6.45) is 0.966. The van der Waals surface area contributed by atoms with E-state index in [0.717, 1.165) is 38.4 Å². The van der Waals surface area contributed by atoms with Gasteiger partial charge in [-0.15, -0.1) is 0 Å². The van der Waals surface area contributed by atoms with Crippen LogP contribution in [0.15, 0.2) is 36.4 Å². The Morgan fingerprint density at radius 3 is 2.71 bits per heavy atom. The Morgan fingerprint density at radius 2 is 1.96 bits per heavy atom. The number of piperazine rings is 1. The number of carbonyl (C=O) groups is 1. The molecule has 0 unspecified atom stereocenters. The molecule has 1 fully saturated rings. The Kier molecular flexibility index (Phi) is 5.00. The lowest BCUT2D eigenvalue weighted by Gasteiger charge is -2.35. The van der Waals surface area contributed by atoms with Gasteiger partial charge in [0, 0.05) is 56.3 Å². The van der Waals surface area contributed by atoms with Crippen LogP contribution in [-0.2, 0) is 13.0 Å². The first-order valence-electron chi connectivity index (χ1n) is 9.53. The number of fused-ring (bicyclic) bond motifs is 1. The van der Waals surface area contributed by atoms with Crippen LogP contribution in [0.3, 0.4) is 0 Å². The van der Waals surface area contributed by atoms with Crippen molar-refractivity contribution in [1.82, 2.24) is 9.80 Å². The highest BCUT2D eigenvalue weighted by atomic mass is 16.6. The molecule has 0 radical (unpaired) electrons. The van der Waals surface area contributed by atoms with Gasteiger partial charge >= 0.3 is 0 Å². The highest BCUT2D eigenvalue weighted by molar-refractivity contribution is 5.96. The first-order valence-corrected chi connectivity index (χ1v) is 9.53. The van der Waals surface area contributed by atoms with Crippen molar-refractivity contribution in [2.75, 3.05) is 32.8 Å². The van der Waals surface area contributed by atoms with E-state index in [1.807, 2.05) is 6.07 Å². The molecule has 2 heterocycles. The van der Waals surface area contributed by atoms with Gasteiger partial charge in [-0.2, -0.15) is 0 Å². The minimum atomic E-state index is -0.439. The van der Waals surface area contributed by atoms with E-state index in [9.17, 15) is 14.9 Å². The normalized spacial score (nSPS) is 16.5. The van der Waals surface area contributed by atoms with Crippen molar-refractivity contribution in [3.05, 3.63) is 68.8 Å². The van der Waals surface area contributed by atoms with E-state index in [4.69, 9.17) is 4.74 Å². The molecule has 7 heteroatoms. The smallest absolute Gasteiger partial charge is 0.273 e. The van der Waals surface area contributed by atoms with Gasteiger partial charge in [-0.1, -0.05) is 18.2 Å². The van der Waals surface area contributed by atoms with Crippen LogP contribution in [0.4, 0.5) is 5.69 Å².